The molecule has 0 saturated carbocycles. The van der Waals surface area contributed by atoms with E-state index in [0.717, 1.165) is 0 Å². The van der Waals surface area contributed by atoms with E-state index in [4.69, 9.17) is 19.2 Å². The van der Waals surface area contributed by atoms with Crippen molar-refractivity contribution in [3.8, 4) is 17.4 Å². The van der Waals surface area contributed by atoms with Crippen molar-refractivity contribution in [3.63, 3.8) is 0 Å². The summed E-state index contributed by atoms with van der Waals surface area (Å²) < 4.78 is 15.2. The highest BCUT2D eigenvalue weighted by atomic mass is 16.5. The summed E-state index contributed by atoms with van der Waals surface area (Å²) in [6.45, 7) is 1.49. The number of nitriles is 1. The third-order valence-electron chi connectivity index (χ3n) is 4.56. The Labute approximate surface area is 176 Å². The monoisotopic (exact) mass is 420 g/mol. The number of hydrogen-bond acceptors (Lipinski definition) is 8. The zero-order chi connectivity index (χ0) is 22.7. The molecule has 9 heteroatoms. The van der Waals surface area contributed by atoms with Crippen LogP contribution in [-0.4, -0.2) is 38.0 Å². The van der Waals surface area contributed by atoms with Gasteiger partial charge in [-0.2, -0.15) is 5.26 Å². The number of amides is 2. The third kappa shape index (κ3) is 4.13. The molecule has 0 bridgehead atoms. The van der Waals surface area contributed by atoms with E-state index < -0.39 is 23.8 Å². The largest absolute Gasteiger partial charge is 0.465 e. The van der Waals surface area contributed by atoms with E-state index >= 15 is 0 Å². The Morgan fingerprint density at radius 1 is 1.03 bits per heavy atom. The van der Waals surface area contributed by atoms with E-state index in [2.05, 4.69) is 5.32 Å². The number of carbonyl (C=O) groups is 4. The molecule has 1 aliphatic heterocycles. The van der Waals surface area contributed by atoms with E-state index in [-0.39, 0.29) is 33.6 Å². The maximum atomic E-state index is 12.2. The Balaban J connectivity index is 2.06. The lowest BCUT2D eigenvalue weighted by Gasteiger charge is -2.15. The second-order valence-electron chi connectivity index (χ2n) is 6.44. The summed E-state index contributed by atoms with van der Waals surface area (Å²) >= 11 is 0. The summed E-state index contributed by atoms with van der Waals surface area (Å²) in [5.74, 6) is -2.13. The fourth-order valence-corrected chi connectivity index (χ4v) is 2.99. The first kappa shape index (κ1) is 21.3. The molecule has 0 unspecified atom stereocenters. The summed E-state index contributed by atoms with van der Waals surface area (Å²) in [6.07, 6.45) is 1.39. The van der Waals surface area contributed by atoms with Gasteiger partial charge in [-0.1, -0.05) is 0 Å². The number of furan rings is 1. The molecule has 2 aromatic rings. The van der Waals surface area contributed by atoms with Crippen molar-refractivity contribution < 1.29 is 33.1 Å². The molecule has 9 nitrogen and oxygen atoms in total. The van der Waals surface area contributed by atoms with Crippen molar-refractivity contribution >= 4 is 29.8 Å². The summed E-state index contributed by atoms with van der Waals surface area (Å²) in [5, 5.41) is 11.2. The maximum absolute atomic E-state index is 12.2. The lowest BCUT2D eigenvalue weighted by atomic mass is 9.96. The summed E-state index contributed by atoms with van der Waals surface area (Å²) in [7, 11) is 2.44. The van der Waals surface area contributed by atoms with Gasteiger partial charge in [0.05, 0.1) is 25.3 Å². The zero-order valence-corrected chi connectivity index (χ0v) is 16.8. The van der Waals surface area contributed by atoms with E-state index in [1.54, 1.807) is 18.2 Å². The number of hydrogen-bond donors (Lipinski definition) is 1. The van der Waals surface area contributed by atoms with Gasteiger partial charge in [-0.05, 0) is 48.9 Å². The quantitative estimate of drug-likeness (QED) is 0.452. The molecule has 1 aromatic heterocycles. The lowest BCUT2D eigenvalue weighted by molar-refractivity contribution is -0.126. The van der Waals surface area contributed by atoms with Crippen LogP contribution >= 0.6 is 0 Å². The number of benzene rings is 1. The first-order valence-electron chi connectivity index (χ1n) is 8.89. The van der Waals surface area contributed by atoms with Crippen molar-refractivity contribution in [2.24, 2.45) is 0 Å². The van der Waals surface area contributed by atoms with Crippen LogP contribution in [0.25, 0.3) is 17.4 Å². The van der Waals surface area contributed by atoms with Gasteiger partial charge in [0, 0.05) is 11.1 Å². The molecular formula is C22H16N2O7. The molecule has 156 valence electrons. The molecule has 1 aromatic carbocycles. The second-order valence-corrected chi connectivity index (χ2v) is 6.44. The smallest absolute Gasteiger partial charge is 0.337 e. The van der Waals surface area contributed by atoms with Gasteiger partial charge in [0.25, 0.3) is 11.8 Å². The number of rotatable bonds is 4. The molecule has 0 saturated heterocycles. The minimum atomic E-state index is -0.753. The highest BCUT2D eigenvalue weighted by Gasteiger charge is 2.27. The SMILES string of the molecule is COC(=O)c1cc(C(=O)OC)cc(-c2ccc(/C=C3\C(=O)NC(=O)C(C#N)=C3C)o2)c1. The van der Waals surface area contributed by atoms with Crippen LogP contribution in [0.15, 0.2) is 51.5 Å². The van der Waals surface area contributed by atoms with E-state index in [1.807, 2.05) is 0 Å². The first-order valence-corrected chi connectivity index (χ1v) is 8.89. The van der Waals surface area contributed by atoms with Gasteiger partial charge in [-0.15, -0.1) is 0 Å². The van der Waals surface area contributed by atoms with Crippen molar-refractivity contribution in [3.05, 3.63) is 63.9 Å². The predicted octanol–water partition coefficient (Wildman–Crippen LogP) is 2.40. The van der Waals surface area contributed by atoms with Crippen LogP contribution in [0.2, 0.25) is 0 Å². The van der Waals surface area contributed by atoms with Gasteiger partial charge in [0.1, 0.15) is 23.2 Å². The van der Waals surface area contributed by atoms with Gasteiger partial charge in [-0.25, -0.2) is 9.59 Å². The van der Waals surface area contributed by atoms with Gasteiger partial charge in [-0.3, -0.25) is 14.9 Å². The summed E-state index contributed by atoms with van der Waals surface area (Å²) in [5.41, 5.74) is 0.830. The number of nitrogens with one attached hydrogen (secondary N) is 1. The van der Waals surface area contributed by atoms with Crippen LogP contribution in [0.3, 0.4) is 0 Å². The molecule has 2 amide bonds. The number of methoxy groups -OCH3 is 2. The molecule has 0 fully saturated rings. The van der Waals surface area contributed by atoms with E-state index in [0.29, 0.717) is 11.3 Å². The summed E-state index contributed by atoms with van der Waals surface area (Å²) in [4.78, 5) is 47.8. The summed E-state index contributed by atoms with van der Waals surface area (Å²) in [6, 6.07) is 9.23. The van der Waals surface area contributed by atoms with Gasteiger partial charge in [0.15, 0.2) is 0 Å². The number of esters is 2. The van der Waals surface area contributed by atoms with E-state index in [1.165, 1.54) is 45.4 Å². The second kappa shape index (κ2) is 8.51. The first-order chi connectivity index (χ1) is 14.8. The Morgan fingerprint density at radius 2 is 1.65 bits per heavy atom. The standard InChI is InChI=1S/C22H16N2O7/c1-11-16(19(25)24-20(26)17(11)10-23)9-15-4-5-18(31-15)12-6-13(21(27)29-2)8-14(7-12)22(28)30-3/h4-9H,1-3H3,(H,24,25,26)/b16-9-. The van der Waals surface area contributed by atoms with Crippen molar-refractivity contribution in [1.82, 2.24) is 5.32 Å². The Morgan fingerprint density at radius 3 is 2.19 bits per heavy atom. The predicted molar refractivity (Wildman–Crippen MR) is 106 cm³/mol. The van der Waals surface area contributed by atoms with Crippen molar-refractivity contribution in [1.29, 1.82) is 5.26 Å². The van der Waals surface area contributed by atoms with Gasteiger partial charge < -0.3 is 13.9 Å². The number of carbonyl (C=O) groups excluding carboxylic acids is 4. The molecule has 0 aliphatic carbocycles. The van der Waals surface area contributed by atoms with Gasteiger partial charge >= 0.3 is 11.9 Å². The number of imide groups is 1. The Hall–Kier alpha value is -4.45. The average molecular weight is 420 g/mol. The van der Waals surface area contributed by atoms with Crippen LogP contribution in [0.1, 0.15) is 33.4 Å². The van der Waals surface area contributed by atoms with Crippen molar-refractivity contribution in [2.45, 2.75) is 6.92 Å². The Kier molecular flexibility index (Phi) is 5.83. The molecule has 1 N–H and O–H groups in total. The molecule has 0 atom stereocenters. The topological polar surface area (TPSA) is 136 Å². The Bertz CT molecular complexity index is 1190. The fraction of sp³-hybridized carbons (Fsp3) is 0.136. The fourth-order valence-electron chi connectivity index (χ4n) is 2.99. The third-order valence-corrected chi connectivity index (χ3v) is 4.56. The molecule has 1 aliphatic rings. The van der Waals surface area contributed by atoms with Crippen molar-refractivity contribution in [2.75, 3.05) is 14.2 Å². The average Bonchev–Trinajstić information content (AvgIpc) is 3.24. The van der Waals surface area contributed by atoms with Crippen LogP contribution in [-0.2, 0) is 19.1 Å². The van der Waals surface area contributed by atoms with Gasteiger partial charge in [0.2, 0.25) is 0 Å². The normalized spacial score (nSPS) is 14.8. The maximum Gasteiger partial charge on any atom is 0.337 e. The minimum absolute atomic E-state index is 0.107. The molecule has 0 radical (unpaired) electrons. The molecular weight excluding hydrogens is 404 g/mol. The lowest BCUT2D eigenvalue weighted by Crippen LogP contribution is -2.37. The highest BCUT2D eigenvalue weighted by Crippen LogP contribution is 2.28. The molecule has 2 heterocycles. The van der Waals surface area contributed by atoms with E-state index in [9.17, 15) is 19.2 Å². The zero-order valence-electron chi connectivity index (χ0n) is 16.8. The van der Waals surface area contributed by atoms with Crippen LogP contribution in [0.5, 0.6) is 0 Å². The van der Waals surface area contributed by atoms with Crippen LogP contribution in [0.4, 0.5) is 0 Å². The molecule has 0 spiro atoms. The number of ether oxygens (including phenoxy) is 2. The minimum Gasteiger partial charge on any atom is -0.465 e. The van der Waals surface area contributed by atoms with Crippen LogP contribution in [0, 0.1) is 11.3 Å². The molecule has 3 rings (SSSR count). The molecule has 31 heavy (non-hydrogen) atoms. The van der Waals surface area contributed by atoms with Crippen LogP contribution < -0.4 is 5.32 Å². The number of nitrogens with zero attached hydrogens (tertiary/aromatic N) is 1. The highest BCUT2D eigenvalue weighted by molar-refractivity contribution is 6.19.